The molecule has 1 heterocycles. The first-order chi connectivity index (χ1) is 10.2. The lowest BCUT2D eigenvalue weighted by Crippen LogP contribution is -2.23. The van der Waals surface area contributed by atoms with Crippen LogP contribution in [-0.4, -0.2) is 10.9 Å². The molecule has 21 heavy (non-hydrogen) atoms. The number of aromatic nitrogens is 1. The van der Waals surface area contributed by atoms with E-state index in [1.165, 1.54) is 0 Å². The van der Waals surface area contributed by atoms with Crippen molar-refractivity contribution in [1.29, 1.82) is 5.26 Å². The van der Waals surface area contributed by atoms with Crippen molar-refractivity contribution in [3.8, 4) is 6.07 Å². The van der Waals surface area contributed by atoms with E-state index in [2.05, 4.69) is 16.4 Å². The minimum atomic E-state index is 0.00247. The summed E-state index contributed by atoms with van der Waals surface area (Å²) in [5.41, 5.74) is 3.49. The predicted molar refractivity (Wildman–Crippen MR) is 80.3 cm³/mol. The van der Waals surface area contributed by atoms with E-state index < -0.39 is 0 Å². The fraction of sp³-hybridized carbons (Fsp3) is 0.235. The molecule has 1 N–H and O–H groups in total. The zero-order valence-corrected chi connectivity index (χ0v) is 12.0. The third kappa shape index (κ3) is 4.73. The molecule has 1 aromatic carbocycles. The van der Waals surface area contributed by atoms with Crippen molar-refractivity contribution in [1.82, 2.24) is 10.3 Å². The molecule has 0 saturated carbocycles. The average molecular weight is 279 g/mol. The second-order valence-electron chi connectivity index (χ2n) is 4.86. The van der Waals surface area contributed by atoms with Gasteiger partial charge < -0.3 is 5.32 Å². The van der Waals surface area contributed by atoms with Gasteiger partial charge in [-0.15, -0.1) is 0 Å². The number of nitriles is 1. The molecule has 0 saturated heterocycles. The van der Waals surface area contributed by atoms with Crippen molar-refractivity contribution >= 4 is 5.91 Å². The van der Waals surface area contributed by atoms with Crippen LogP contribution in [0, 0.1) is 18.3 Å². The minimum absolute atomic E-state index is 0.00247. The quantitative estimate of drug-likeness (QED) is 0.914. The van der Waals surface area contributed by atoms with Crippen LogP contribution < -0.4 is 5.32 Å². The number of hydrogen-bond donors (Lipinski definition) is 1. The van der Waals surface area contributed by atoms with Crippen LogP contribution in [0.15, 0.2) is 42.5 Å². The van der Waals surface area contributed by atoms with Crippen LogP contribution in [0.1, 0.15) is 28.9 Å². The number of aryl methyl sites for hydroxylation is 2. The number of carbonyl (C=O) groups excluding carboxylic acids is 1. The van der Waals surface area contributed by atoms with E-state index >= 15 is 0 Å². The molecular formula is C17H17N3O. The highest BCUT2D eigenvalue weighted by Crippen LogP contribution is 2.06. The Morgan fingerprint density at radius 2 is 2.00 bits per heavy atom. The van der Waals surface area contributed by atoms with Gasteiger partial charge in [-0.3, -0.25) is 9.78 Å². The first-order valence-corrected chi connectivity index (χ1v) is 6.85. The van der Waals surface area contributed by atoms with E-state index in [4.69, 9.17) is 5.26 Å². The standard InChI is InChI=1S/C17H17N3O/c1-13-3-2-4-16(20-13)12-19-17(21)10-9-14-5-7-15(11-18)8-6-14/h2-8H,9-10,12H2,1H3,(H,19,21). The molecule has 0 unspecified atom stereocenters. The summed E-state index contributed by atoms with van der Waals surface area (Å²) in [5.74, 6) is 0.00247. The largest absolute Gasteiger partial charge is 0.350 e. The molecule has 0 atom stereocenters. The Labute approximate surface area is 124 Å². The molecule has 2 aromatic rings. The topological polar surface area (TPSA) is 65.8 Å². The molecule has 1 aromatic heterocycles. The summed E-state index contributed by atoms with van der Waals surface area (Å²) in [6.45, 7) is 2.38. The van der Waals surface area contributed by atoms with Crippen molar-refractivity contribution in [2.45, 2.75) is 26.3 Å². The lowest BCUT2D eigenvalue weighted by Gasteiger charge is -2.06. The predicted octanol–water partition coefficient (Wildman–Crippen LogP) is 2.51. The number of amides is 1. The van der Waals surface area contributed by atoms with Crippen molar-refractivity contribution in [2.24, 2.45) is 0 Å². The molecule has 0 fully saturated rings. The Morgan fingerprint density at radius 1 is 1.24 bits per heavy atom. The van der Waals surface area contributed by atoms with Crippen molar-refractivity contribution in [3.63, 3.8) is 0 Å². The number of carbonyl (C=O) groups is 1. The van der Waals surface area contributed by atoms with Gasteiger partial charge in [0.25, 0.3) is 0 Å². The van der Waals surface area contributed by atoms with E-state index in [0.29, 0.717) is 24.9 Å². The van der Waals surface area contributed by atoms with Crippen molar-refractivity contribution < 1.29 is 4.79 Å². The third-order valence-corrected chi connectivity index (χ3v) is 3.14. The van der Waals surface area contributed by atoms with Crippen LogP contribution in [0.25, 0.3) is 0 Å². The molecule has 4 heteroatoms. The van der Waals surface area contributed by atoms with Crippen LogP contribution in [0.4, 0.5) is 0 Å². The van der Waals surface area contributed by atoms with Gasteiger partial charge in [-0.25, -0.2) is 0 Å². The van der Waals surface area contributed by atoms with Crippen LogP contribution in [0.5, 0.6) is 0 Å². The van der Waals surface area contributed by atoms with Gasteiger partial charge in [0.1, 0.15) is 0 Å². The van der Waals surface area contributed by atoms with Crippen LogP contribution >= 0.6 is 0 Å². The van der Waals surface area contributed by atoms with Crippen LogP contribution in [0.2, 0.25) is 0 Å². The van der Waals surface area contributed by atoms with Gasteiger partial charge in [0, 0.05) is 12.1 Å². The van der Waals surface area contributed by atoms with E-state index in [0.717, 1.165) is 17.0 Å². The zero-order chi connectivity index (χ0) is 15.1. The van der Waals surface area contributed by atoms with Gasteiger partial charge in [-0.05, 0) is 43.2 Å². The summed E-state index contributed by atoms with van der Waals surface area (Å²) in [5, 5.41) is 11.6. The Bertz CT molecular complexity index is 656. The summed E-state index contributed by atoms with van der Waals surface area (Å²) < 4.78 is 0. The summed E-state index contributed by atoms with van der Waals surface area (Å²) >= 11 is 0. The fourth-order valence-electron chi connectivity index (χ4n) is 1.98. The Morgan fingerprint density at radius 3 is 2.67 bits per heavy atom. The molecule has 1 amide bonds. The Hall–Kier alpha value is -2.67. The highest BCUT2D eigenvalue weighted by Gasteiger charge is 2.03. The van der Waals surface area contributed by atoms with Gasteiger partial charge in [-0.2, -0.15) is 5.26 Å². The molecule has 0 radical (unpaired) electrons. The maximum absolute atomic E-state index is 11.8. The second-order valence-corrected chi connectivity index (χ2v) is 4.86. The maximum atomic E-state index is 11.8. The Balaban J connectivity index is 1.78. The highest BCUT2D eigenvalue weighted by molar-refractivity contribution is 5.76. The van der Waals surface area contributed by atoms with Crippen LogP contribution in [0.3, 0.4) is 0 Å². The molecule has 0 spiro atoms. The first kappa shape index (κ1) is 14.7. The molecular weight excluding hydrogens is 262 g/mol. The van der Waals surface area contributed by atoms with E-state index in [1.807, 2.05) is 37.3 Å². The zero-order valence-electron chi connectivity index (χ0n) is 12.0. The second kappa shape index (κ2) is 7.20. The number of nitrogens with zero attached hydrogens (tertiary/aromatic N) is 2. The Kier molecular flexibility index (Phi) is 5.05. The number of pyridine rings is 1. The van der Waals surface area contributed by atoms with E-state index in [-0.39, 0.29) is 5.91 Å². The molecule has 0 aliphatic heterocycles. The van der Waals surface area contributed by atoms with E-state index in [9.17, 15) is 4.79 Å². The molecule has 106 valence electrons. The molecule has 4 nitrogen and oxygen atoms in total. The maximum Gasteiger partial charge on any atom is 0.220 e. The number of nitrogens with one attached hydrogen (secondary N) is 1. The monoisotopic (exact) mass is 279 g/mol. The highest BCUT2D eigenvalue weighted by atomic mass is 16.1. The molecule has 0 bridgehead atoms. The van der Waals surface area contributed by atoms with Gasteiger partial charge in [0.2, 0.25) is 5.91 Å². The summed E-state index contributed by atoms with van der Waals surface area (Å²) in [6.07, 6.45) is 1.09. The lowest BCUT2D eigenvalue weighted by molar-refractivity contribution is -0.121. The summed E-state index contributed by atoms with van der Waals surface area (Å²) in [7, 11) is 0. The lowest BCUT2D eigenvalue weighted by atomic mass is 10.1. The van der Waals surface area contributed by atoms with Crippen LogP contribution in [-0.2, 0) is 17.8 Å². The van der Waals surface area contributed by atoms with Gasteiger partial charge in [-0.1, -0.05) is 18.2 Å². The average Bonchev–Trinajstić information content (AvgIpc) is 2.51. The number of rotatable bonds is 5. The normalized spacial score (nSPS) is 9.90. The summed E-state index contributed by atoms with van der Waals surface area (Å²) in [6, 6.07) is 15.1. The number of benzene rings is 1. The minimum Gasteiger partial charge on any atom is -0.350 e. The van der Waals surface area contributed by atoms with E-state index in [1.54, 1.807) is 12.1 Å². The van der Waals surface area contributed by atoms with Gasteiger partial charge in [0.05, 0.1) is 23.9 Å². The van der Waals surface area contributed by atoms with Crippen molar-refractivity contribution in [2.75, 3.05) is 0 Å². The smallest absolute Gasteiger partial charge is 0.220 e. The third-order valence-electron chi connectivity index (χ3n) is 3.14. The summed E-state index contributed by atoms with van der Waals surface area (Å²) in [4.78, 5) is 16.1. The molecule has 0 aliphatic carbocycles. The first-order valence-electron chi connectivity index (χ1n) is 6.85. The molecule has 0 aliphatic rings. The van der Waals surface area contributed by atoms with Gasteiger partial charge in [0.15, 0.2) is 0 Å². The molecule has 2 rings (SSSR count). The van der Waals surface area contributed by atoms with Gasteiger partial charge >= 0.3 is 0 Å². The van der Waals surface area contributed by atoms with Crippen molar-refractivity contribution in [3.05, 3.63) is 65.0 Å². The number of hydrogen-bond acceptors (Lipinski definition) is 3. The fourth-order valence-corrected chi connectivity index (χ4v) is 1.98. The SMILES string of the molecule is Cc1cccc(CNC(=O)CCc2ccc(C#N)cc2)n1.